The van der Waals surface area contributed by atoms with Crippen molar-refractivity contribution in [3.63, 3.8) is 0 Å². The van der Waals surface area contributed by atoms with Gasteiger partial charge in [0.25, 0.3) is 0 Å². The molecule has 0 bridgehead atoms. The third kappa shape index (κ3) is 13.0. The number of rotatable bonds is 13. The summed E-state index contributed by atoms with van der Waals surface area (Å²) in [5, 5.41) is 0. The zero-order valence-electron chi connectivity index (χ0n) is 13.0. The Kier molecular flexibility index (Phi) is 13.4. The second-order valence-electron chi connectivity index (χ2n) is 5.90. The maximum atomic E-state index is 5.24. The molecule has 0 N–H and O–H groups in total. The number of halogens is 1. The maximum absolute atomic E-state index is 5.24. The van der Waals surface area contributed by atoms with E-state index in [0.29, 0.717) is 6.10 Å². The molecule has 0 amide bonds. The van der Waals surface area contributed by atoms with Crippen LogP contribution in [0.4, 0.5) is 0 Å². The molecule has 1 aliphatic rings. The van der Waals surface area contributed by atoms with Crippen molar-refractivity contribution in [2.75, 3.05) is 26.7 Å². The lowest BCUT2D eigenvalue weighted by atomic mass is 10.1. The molecule has 116 valence electrons. The van der Waals surface area contributed by atoms with Gasteiger partial charge in [0, 0.05) is 6.54 Å². The molecule has 0 aromatic heterocycles. The summed E-state index contributed by atoms with van der Waals surface area (Å²) in [4.78, 5) is 2.42. The van der Waals surface area contributed by atoms with Gasteiger partial charge in [-0.05, 0) is 20.0 Å². The minimum absolute atomic E-state index is 0. The van der Waals surface area contributed by atoms with E-state index in [1.54, 1.807) is 0 Å². The maximum Gasteiger partial charge on any atom is 0.0936 e. The standard InChI is InChI=1S/C16H33NO.ClH/c1-3-4-5-6-7-8-9-10-11-12-13-17(2)14-16-15-18-16;/h16H,3-15H2,1-2H3;1H. The molecule has 0 spiro atoms. The summed E-state index contributed by atoms with van der Waals surface area (Å²) in [6, 6.07) is 0. The van der Waals surface area contributed by atoms with Crippen LogP contribution in [0, 0.1) is 0 Å². The van der Waals surface area contributed by atoms with Crippen LogP contribution < -0.4 is 0 Å². The van der Waals surface area contributed by atoms with Gasteiger partial charge in [-0.2, -0.15) is 0 Å². The topological polar surface area (TPSA) is 15.8 Å². The van der Waals surface area contributed by atoms with Crippen molar-refractivity contribution in [2.24, 2.45) is 0 Å². The van der Waals surface area contributed by atoms with Crippen molar-refractivity contribution in [2.45, 2.75) is 77.2 Å². The van der Waals surface area contributed by atoms with Crippen LogP contribution in [0.15, 0.2) is 0 Å². The molecular formula is C16H34ClNO. The fraction of sp³-hybridized carbons (Fsp3) is 1.00. The highest BCUT2D eigenvalue weighted by Crippen LogP contribution is 2.12. The van der Waals surface area contributed by atoms with E-state index >= 15 is 0 Å². The smallest absolute Gasteiger partial charge is 0.0936 e. The molecule has 19 heavy (non-hydrogen) atoms. The van der Waals surface area contributed by atoms with Crippen molar-refractivity contribution >= 4 is 12.4 Å². The van der Waals surface area contributed by atoms with E-state index in [1.165, 1.54) is 70.8 Å². The Morgan fingerprint density at radius 2 is 1.37 bits per heavy atom. The van der Waals surface area contributed by atoms with Gasteiger partial charge < -0.3 is 9.64 Å². The molecule has 1 rings (SSSR count). The van der Waals surface area contributed by atoms with Crippen molar-refractivity contribution in [1.29, 1.82) is 0 Å². The number of likely N-dealkylation sites (N-methyl/N-ethyl adjacent to an activating group) is 1. The molecule has 1 fully saturated rings. The first-order valence-electron chi connectivity index (χ1n) is 8.13. The third-order valence-electron chi connectivity index (χ3n) is 3.81. The Morgan fingerprint density at radius 3 is 1.84 bits per heavy atom. The van der Waals surface area contributed by atoms with Crippen LogP contribution in [0.1, 0.15) is 71.1 Å². The molecule has 1 heterocycles. The lowest BCUT2D eigenvalue weighted by molar-refractivity contribution is 0.278. The van der Waals surface area contributed by atoms with E-state index in [-0.39, 0.29) is 12.4 Å². The monoisotopic (exact) mass is 291 g/mol. The molecule has 0 aromatic rings. The molecule has 1 aliphatic heterocycles. The molecule has 2 nitrogen and oxygen atoms in total. The van der Waals surface area contributed by atoms with Crippen LogP contribution in [0.2, 0.25) is 0 Å². The van der Waals surface area contributed by atoms with Gasteiger partial charge in [-0.15, -0.1) is 12.4 Å². The van der Waals surface area contributed by atoms with E-state index in [0.717, 1.165) is 13.2 Å². The van der Waals surface area contributed by atoms with Gasteiger partial charge in [0.15, 0.2) is 0 Å². The van der Waals surface area contributed by atoms with E-state index in [4.69, 9.17) is 4.74 Å². The number of unbranched alkanes of at least 4 members (excludes halogenated alkanes) is 9. The summed E-state index contributed by atoms with van der Waals surface area (Å²) < 4.78 is 5.24. The second kappa shape index (κ2) is 13.2. The first-order chi connectivity index (χ1) is 8.83. The Labute approximate surface area is 126 Å². The molecule has 0 radical (unpaired) electrons. The highest BCUT2D eigenvalue weighted by Gasteiger charge is 2.23. The Balaban J connectivity index is 0.00000324. The second-order valence-corrected chi connectivity index (χ2v) is 5.90. The van der Waals surface area contributed by atoms with Crippen LogP contribution in [-0.2, 0) is 4.74 Å². The lowest BCUT2D eigenvalue weighted by Gasteiger charge is -2.14. The first kappa shape index (κ1) is 19.2. The third-order valence-corrected chi connectivity index (χ3v) is 3.81. The Bertz CT molecular complexity index is 186. The van der Waals surface area contributed by atoms with Crippen LogP contribution >= 0.6 is 12.4 Å². The van der Waals surface area contributed by atoms with Gasteiger partial charge in [0.1, 0.15) is 0 Å². The van der Waals surface area contributed by atoms with E-state index in [2.05, 4.69) is 18.9 Å². The minimum atomic E-state index is 0. The average Bonchev–Trinajstić information content (AvgIpc) is 3.15. The lowest BCUT2D eigenvalue weighted by Crippen LogP contribution is -2.24. The van der Waals surface area contributed by atoms with Crippen LogP contribution in [0.5, 0.6) is 0 Å². The van der Waals surface area contributed by atoms with Gasteiger partial charge in [-0.25, -0.2) is 0 Å². The number of hydrogen-bond acceptors (Lipinski definition) is 2. The van der Waals surface area contributed by atoms with Crippen LogP contribution in [-0.4, -0.2) is 37.7 Å². The van der Waals surface area contributed by atoms with Gasteiger partial charge >= 0.3 is 0 Å². The average molecular weight is 292 g/mol. The number of hydrogen-bond donors (Lipinski definition) is 0. The summed E-state index contributed by atoms with van der Waals surface area (Å²) in [6.07, 6.45) is 14.8. The first-order valence-corrected chi connectivity index (χ1v) is 8.13. The van der Waals surface area contributed by atoms with Gasteiger partial charge in [-0.1, -0.05) is 64.7 Å². The summed E-state index contributed by atoms with van der Waals surface area (Å²) in [7, 11) is 2.22. The molecular weight excluding hydrogens is 258 g/mol. The fourth-order valence-corrected chi connectivity index (χ4v) is 2.48. The molecule has 1 saturated heterocycles. The normalized spacial score (nSPS) is 17.5. The number of epoxide rings is 1. The van der Waals surface area contributed by atoms with E-state index < -0.39 is 0 Å². The Hall–Kier alpha value is 0.210. The SMILES string of the molecule is CCCCCCCCCCCCN(C)CC1CO1.Cl. The molecule has 0 aliphatic carbocycles. The van der Waals surface area contributed by atoms with Crippen molar-refractivity contribution in [3.05, 3.63) is 0 Å². The van der Waals surface area contributed by atoms with E-state index in [9.17, 15) is 0 Å². The predicted octanol–water partition coefficient (Wildman–Crippen LogP) is 4.66. The quantitative estimate of drug-likeness (QED) is 0.362. The zero-order chi connectivity index (χ0) is 13.1. The van der Waals surface area contributed by atoms with Gasteiger partial charge in [0.05, 0.1) is 12.7 Å². The van der Waals surface area contributed by atoms with Crippen molar-refractivity contribution in [1.82, 2.24) is 4.90 Å². The predicted molar refractivity (Wildman–Crippen MR) is 86.3 cm³/mol. The zero-order valence-corrected chi connectivity index (χ0v) is 13.8. The summed E-state index contributed by atoms with van der Waals surface area (Å²) >= 11 is 0. The van der Waals surface area contributed by atoms with Gasteiger partial charge in [0.2, 0.25) is 0 Å². The highest BCUT2D eigenvalue weighted by atomic mass is 35.5. The van der Waals surface area contributed by atoms with Crippen molar-refractivity contribution < 1.29 is 4.74 Å². The summed E-state index contributed by atoms with van der Waals surface area (Å²) in [5.41, 5.74) is 0. The summed E-state index contributed by atoms with van der Waals surface area (Å²) in [6.45, 7) is 5.66. The van der Waals surface area contributed by atoms with E-state index in [1.807, 2.05) is 0 Å². The number of ether oxygens (including phenoxy) is 1. The van der Waals surface area contributed by atoms with Crippen LogP contribution in [0.3, 0.4) is 0 Å². The largest absolute Gasteiger partial charge is 0.372 e. The van der Waals surface area contributed by atoms with Crippen LogP contribution in [0.25, 0.3) is 0 Å². The molecule has 3 heteroatoms. The van der Waals surface area contributed by atoms with Crippen molar-refractivity contribution in [3.8, 4) is 0 Å². The highest BCUT2D eigenvalue weighted by molar-refractivity contribution is 5.85. The fourth-order valence-electron chi connectivity index (χ4n) is 2.48. The summed E-state index contributed by atoms with van der Waals surface area (Å²) in [5.74, 6) is 0. The Morgan fingerprint density at radius 1 is 0.895 bits per heavy atom. The molecule has 0 saturated carbocycles. The molecule has 0 aromatic carbocycles. The molecule has 1 unspecified atom stereocenters. The number of nitrogens with zero attached hydrogens (tertiary/aromatic N) is 1. The van der Waals surface area contributed by atoms with Gasteiger partial charge in [-0.3, -0.25) is 0 Å². The minimum Gasteiger partial charge on any atom is -0.372 e. The molecule has 1 atom stereocenters.